The van der Waals surface area contributed by atoms with Crippen molar-refractivity contribution in [3.05, 3.63) is 58.7 Å². The largest absolute Gasteiger partial charge is 0.493 e. The number of carbonyl (C=O) groups is 2. The lowest BCUT2D eigenvalue weighted by molar-refractivity contribution is -0.140. The minimum Gasteiger partial charge on any atom is -0.493 e. The van der Waals surface area contributed by atoms with Crippen LogP contribution in [0.15, 0.2) is 36.4 Å². The zero-order valence-corrected chi connectivity index (χ0v) is 14.6. The number of amides is 1. The van der Waals surface area contributed by atoms with Crippen molar-refractivity contribution in [3.63, 3.8) is 0 Å². The molecular formula is C20H19NO5. The number of methoxy groups -OCH3 is 2. The monoisotopic (exact) mass is 353 g/mol. The first-order valence-electron chi connectivity index (χ1n) is 8.44. The van der Waals surface area contributed by atoms with Crippen LogP contribution in [0.1, 0.15) is 39.0 Å². The van der Waals surface area contributed by atoms with Crippen LogP contribution in [0, 0.1) is 0 Å². The van der Waals surface area contributed by atoms with Gasteiger partial charge in [-0.15, -0.1) is 0 Å². The third-order valence-corrected chi connectivity index (χ3v) is 5.30. The number of ether oxygens (including phenoxy) is 2. The Morgan fingerprint density at radius 3 is 2.50 bits per heavy atom. The number of rotatable bonds is 3. The molecule has 2 atom stereocenters. The van der Waals surface area contributed by atoms with Crippen molar-refractivity contribution < 1.29 is 24.2 Å². The van der Waals surface area contributed by atoms with Gasteiger partial charge in [0.2, 0.25) is 0 Å². The van der Waals surface area contributed by atoms with Crippen LogP contribution in [-0.4, -0.2) is 42.6 Å². The molecule has 0 saturated heterocycles. The van der Waals surface area contributed by atoms with E-state index in [0.29, 0.717) is 35.6 Å². The van der Waals surface area contributed by atoms with E-state index in [1.165, 1.54) is 14.2 Å². The first-order chi connectivity index (χ1) is 12.6. The van der Waals surface area contributed by atoms with Crippen LogP contribution >= 0.6 is 0 Å². The second-order valence-corrected chi connectivity index (χ2v) is 6.50. The van der Waals surface area contributed by atoms with Gasteiger partial charge in [-0.1, -0.05) is 24.3 Å². The number of carboxylic acid groups (broad SMARTS) is 1. The Bertz CT molecular complexity index is 907. The summed E-state index contributed by atoms with van der Waals surface area (Å²) in [5.41, 5.74) is 2.83. The highest BCUT2D eigenvalue weighted by Crippen LogP contribution is 2.48. The number of benzene rings is 2. The van der Waals surface area contributed by atoms with E-state index >= 15 is 0 Å². The van der Waals surface area contributed by atoms with Gasteiger partial charge in [-0.05, 0) is 35.2 Å². The van der Waals surface area contributed by atoms with Gasteiger partial charge in [0.05, 0.1) is 20.3 Å². The molecule has 2 unspecified atom stereocenters. The predicted octanol–water partition coefficient (Wildman–Crippen LogP) is 2.63. The van der Waals surface area contributed by atoms with Crippen molar-refractivity contribution in [1.29, 1.82) is 0 Å². The van der Waals surface area contributed by atoms with Crippen LogP contribution in [0.25, 0.3) is 0 Å². The lowest BCUT2D eigenvalue weighted by Gasteiger charge is -2.44. The maximum atomic E-state index is 13.1. The molecule has 2 aliphatic heterocycles. The quantitative estimate of drug-likeness (QED) is 0.918. The molecule has 6 nitrogen and oxygen atoms in total. The van der Waals surface area contributed by atoms with Crippen LogP contribution in [-0.2, 0) is 11.2 Å². The van der Waals surface area contributed by atoms with Crippen molar-refractivity contribution in [3.8, 4) is 11.5 Å². The topological polar surface area (TPSA) is 76.1 Å². The summed E-state index contributed by atoms with van der Waals surface area (Å²) < 4.78 is 10.6. The van der Waals surface area contributed by atoms with E-state index in [1.807, 2.05) is 24.3 Å². The second kappa shape index (κ2) is 6.05. The summed E-state index contributed by atoms with van der Waals surface area (Å²) in [4.78, 5) is 27.0. The Balaban J connectivity index is 1.96. The van der Waals surface area contributed by atoms with Crippen molar-refractivity contribution >= 4 is 11.9 Å². The second-order valence-electron chi connectivity index (χ2n) is 6.50. The fourth-order valence-electron chi connectivity index (χ4n) is 4.12. The number of aliphatic carboxylic acids is 1. The summed E-state index contributed by atoms with van der Waals surface area (Å²) >= 11 is 0. The van der Waals surface area contributed by atoms with Crippen molar-refractivity contribution in [1.82, 2.24) is 4.90 Å². The summed E-state index contributed by atoms with van der Waals surface area (Å²) in [5.74, 6) is -1.15. The summed E-state index contributed by atoms with van der Waals surface area (Å²) in [6, 6.07) is 10.4. The first-order valence-corrected chi connectivity index (χ1v) is 8.44. The van der Waals surface area contributed by atoms with E-state index in [2.05, 4.69) is 0 Å². The Kier molecular flexibility index (Phi) is 3.83. The highest BCUT2D eigenvalue weighted by atomic mass is 16.5. The lowest BCUT2D eigenvalue weighted by Crippen LogP contribution is -2.48. The standard InChI is InChI=1S/C20H19NO5/c1-25-15-9-13-14(10-16(15)26-2)19(22)21-8-7-11-5-3-4-6-12(11)18(21)17(13)20(23)24/h3-6,9-10,17-18H,7-8H2,1-2H3,(H,23,24). The molecule has 1 N–H and O–H groups in total. The minimum absolute atomic E-state index is 0.169. The van der Waals surface area contributed by atoms with E-state index in [-0.39, 0.29) is 5.91 Å². The van der Waals surface area contributed by atoms with Crippen LogP contribution < -0.4 is 9.47 Å². The first kappa shape index (κ1) is 16.4. The molecule has 0 saturated carbocycles. The molecule has 6 heteroatoms. The molecular weight excluding hydrogens is 334 g/mol. The summed E-state index contributed by atoms with van der Waals surface area (Å²) in [5, 5.41) is 10.0. The summed E-state index contributed by atoms with van der Waals surface area (Å²) in [6.07, 6.45) is 0.716. The molecule has 1 amide bonds. The van der Waals surface area contributed by atoms with Crippen LogP contribution in [0.2, 0.25) is 0 Å². The van der Waals surface area contributed by atoms with Gasteiger partial charge in [0, 0.05) is 12.1 Å². The summed E-state index contributed by atoms with van der Waals surface area (Å²) in [6.45, 7) is 0.498. The normalized spacial score (nSPS) is 20.7. The molecule has 4 rings (SSSR count). The molecule has 0 bridgehead atoms. The number of carbonyl (C=O) groups excluding carboxylic acids is 1. The number of hydrogen-bond acceptors (Lipinski definition) is 4. The molecule has 2 aliphatic rings. The Morgan fingerprint density at radius 1 is 1.12 bits per heavy atom. The van der Waals surface area contributed by atoms with E-state index in [0.717, 1.165) is 11.1 Å². The van der Waals surface area contributed by atoms with E-state index in [4.69, 9.17) is 9.47 Å². The van der Waals surface area contributed by atoms with E-state index in [1.54, 1.807) is 17.0 Å². The van der Waals surface area contributed by atoms with Gasteiger partial charge in [0.1, 0.15) is 5.92 Å². The molecule has 134 valence electrons. The predicted molar refractivity (Wildman–Crippen MR) is 93.8 cm³/mol. The molecule has 2 aromatic carbocycles. The third kappa shape index (κ3) is 2.25. The van der Waals surface area contributed by atoms with Gasteiger partial charge < -0.3 is 19.5 Å². The van der Waals surface area contributed by atoms with Crippen molar-refractivity contribution in [2.75, 3.05) is 20.8 Å². The summed E-state index contributed by atoms with van der Waals surface area (Å²) in [7, 11) is 2.99. The van der Waals surface area contributed by atoms with Gasteiger partial charge in [-0.25, -0.2) is 0 Å². The number of carboxylic acids is 1. The molecule has 0 aliphatic carbocycles. The zero-order chi connectivity index (χ0) is 18.4. The van der Waals surface area contributed by atoms with E-state index in [9.17, 15) is 14.7 Å². The average Bonchev–Trinajstić information content (AvgIpc) is 2.66. The number of fused-ring (bicyclic) bond motifs is 4. The zero-order valence-electron chi connectivity index (χ0n) is 14.6. The lowest BCUT2D eigenvalue weighted by atomic mass is 9.76. The highest BCUT2D eigenvalue weighted by Gasteiger charge is 2.47. The molecule has 2 aromatic rings. The Morgan fingerprint density at radius 2 is 1.81 bits per heavy atom. The molecule has 2 heterocycles. The number of nitrogens with zero attached hydrogens (tertiary/aromatic N) is 1. The SMILES string of the molecule is COc1cc2c(cc1OC)C(C(=O)O)C1c3ccccc3CCN1C2=O. The van der Waals surface area contributed by atoms with Gasteiger partial charge in [-0.3, -0.25) is 9.59 Å². The Hall–Kier alpha value is -3.02. The van der Waals surface area contributed by atoms with Crippen LogP contribution in [0.3, 0.4) is 0 Å². The molecule has 0 spiro atoms. The van der Waals surface area contributed by atoms with Crippen molar-refractivity contribution in [2.45, 2.75) is 18.4 Å². The van der Waals surface area contributed by atoms with Gasteiger partial charge in [0.25, 0.3) is 5.91 Å². The molecule has 0 fully saturated rings. The van der Waals surface area contributed by atoms with E-state index < -0.39 is 17.9 Å². The van der Waals surface area contributed by atoms with Crippen molar-refractivity contribution in [2.24, 2.45) is 0 Å². The maximum absolute atomic E-state index is 13.1. The fourth-order valence-corrected chi connectivity index (χ4v) is 4.12. The highest BCUT2D eigenvalue weighted by molar-refractivity contribution is 6.01. The van der Waals surface area contributed by atoms with Gasteiger partial charge in [0.15, 0.2) is 11.5 Å². The van der Waals surface area contributed by atoms with Gasteiger partial charge >= 0.3 is 5.97 Å². The third-order valence-electron chi connectivity index (χ3n) is 5.30. The van der Waals surface area contributed by atoms with Crippen LogP contribution in [0.5, 0.6) is 11.5 Å². The average molecular weight is 353 g/mol. The molecule has 0 aromatic heterocycles. The number of hydrogen-bond donors (Lipinski definition) is 1. The Labute approximate surface area is 151 Å². The van der Waals surface area contributed by atoms with Gasteiger partial charge in [-0.2, -0.15) is 0 Å². The smallest absolute Gasteiger partial charge is 0.313 e. The minimum atomic E-state index is -0.960. The maximum Gasteiger partial charge on any atom is 0.313 e. The molecule has 26 heavy (non-hydrogen) atoms. The fraction of sp³-hybridized carbons (Fsp3) is 0.300. The molecule has 0 radical (unpaired) electrons. The van der Waals surface area contributed by atoms with Crippen LogP contribution in [0.4, 0.5) is 0 Å².